The maximum Gasteiger partial charge on any atom is 0.145 e. The number of rotatable bonds is 3. The number of benzene rings is 1. The highest BCUT2D eigenvalue weighted by Gasteiger charge is 2.19. The summed E-state index contributed by atoms with van der Waals surface area (Å²) in [6.07, 6.45) is 0. The van der Waals surface area contributed by atoms with Crippen LogP contribution < -0.4 is 0 Å². The highest BCUT2D eigenvalue weighted by atomic mass is 79.9. The van der Waals surface area contributed by atoms with Gasteiger partial charge in [0.2, 0.25) is 0 Å². The van der Waals surface area contributed by atoms with Crippen LogP contribution in [0.1, 0.15) is 26.3 Å². The molecule has 0 radical (unpaired) electrons. The van der Waals surface area contributed by atoms with Crippen molar-refractivity contribution in [2.75, 3.05) is 5.88 Å². The average Bonchev–Trinajstić information content (AvgIpc) is 2.25. The van der Waals surface area contributed by atoms with Gasteiger partial charge in [0, 0.05) is 4.47 Å². The topological polar surface area (TPSA) is 29.4 Å². The lowest BCUT2D eigenvalue weighted by atomic mass is 10.1. The van der Waals surface area contributed by atoms with Crippen molar-refractivity contribution in [2.24, 2.45) is 4.40 Å². The van der Waals surface area contributed by atoms with Crippen LogP contribution >= 0.6 is 27.5 Å². The Kier molecular flexibility index (Phi) is 5.35. The van der Waals surface area contributed by atoms with E-state index in [2.05, 4.69) is 20.3 Å². The van der Waals surface area contributed by atoms with Crippen LogP contribution in [0.2, 0.25) is 0 Å². The van der Waals surface area contributed by atoms with E-state index in [1.807, 2.05) is 45.0 Å². The summed E-state index contributed by atoms with van der Waals surface area (Å²) >= 11 is 9.23. The summed E-state index contributed by atoms with van der Waals surface area (Å²) in [6.45, 7) is 5.67. The minimum absolute atomic E-state index is 0.253. The average molecular weight is 337 g/mol. The molecule has 0 saturated heterocycles. The van der Waals surface area contributed by atoms with Gasteiger partial charge in [0.25, 0.3) is 0 Å². The van der Waals surface area contributed by atoms with Crippen LogP contribution in [0, 0.1) is 0 Å². The predicted octanol–water partition coefficient (Wildman–Crippen LogP) is 3.94. The van der Waals surface area contributed by atoms with E-state index in [0.29, 0.717) is 5.71 Å². The van der Waals surface area contributed by atoms with E-state index in [9.17, 15) is 4.21 Å². The van der Waals surface area contributed by atoms with Crippen LogP contribution in [0.4, 0.5) is 0 Å². The summed E-state index contributed by atoms with van der Waals surface area (Å²) in [5, 5.41) is 0. The molecular formula is C12H15BrClNOS. The third-order valence-electron chi connectivity index (χ3n) is 2.02. The molecule has 0 fully saturated rings. The molecule has 0 heterocycles. The first-order chi connectivity index (χ1) is 7.84. The Bertz CT molecular complexity index is 437. The van der Waals surface area contributed by atoms with E-state index in [1.165, 1.54) is 0 Å². The van der Waals surface area contributed by atoms with E-state index >= 15 is 0 Å². The summed E-state index contributed by atoms with van der Waals surface area (Å²) in [6, 6.07) is 7.64. The second kappa shape index (κ2) is 6.12. The Balaban J connectivity index is 3.04. The fourth-order valence-corrected chi connectivity index (χ4v) is 2.23. The summed E-state index contributed by atoms with van der Waals surface area (Å²) in [4.78, 5) is 0. The van der Waals surface area contributed by atoms with E-state index < -0.39 is 11.0 Å². The maximum atomic E-state index is 11.9. The van der Waals surface area contributed by atoms with Gasteiger partial charge in [-0.15, -0.1) is 11.6 Å². The van der Waals surface area contributed by atoms with Crippen molar-refractivity contribution in [2.45, 2.75) is 25.5 Å². The molecule has 0 N–H and O–H groups in total. The molecule has 1 atom stereocenters. The molecule has 1 rings (SSSR count). The summed E-state index contributed by atoms with van der Waals surface area (Å²) in [7, 11) is -1.28. The number of nitrogens with zero attached hydrogens (tertiary/aromatic N) is 1. The first kappa shape index (κ1) is 14.9. The summed E-state index contributed by atoms with van der Waals surface area (Å²) in [5.74, 6) is 0.253. The Morgan fingerprint density at radius 3 is 2.29 bits per heavy atom. The van der Waals surface area contributed by atoms with Crippen molar-refractivity contribution < 1.29 is 4.21 Å². The van der Waals surface area contributed by atoms with Gasteiger partial charge in [-0.1, -0.05) is 28.1 Å². The molecule has 0 saturated carbocycles. The van der Waals surface area contributed by atoms with E-state index in [-0.39, 0.29) is 10.6 Å². The molecule has 2 nitrogen and oxygen atoms in total. The molecule has 0 unspecified atom stereocenters. The van der Waals surface area contributed by atoms with Gasteiger partial charge >= 0.3 is 0 Å². The van der Waals surface area contributed by atoms with Gasteiger partial charge < -0.3 is 0 Å². The third-order valence-corrected chi connectivity index (χ3v) is 4.24. The zero-order chi connectivity index (χ0) is 13.1. The fourth-order valence-electron chi connectivity index (χ4n) is 1.03. The van der Waals surface area contributed by atoms with Gasteiger partial charge in [-0.3, -0.25) is 0 Å². The monoisotopic (exact) mass is 335 g/mol. The van der Waals surface area contributed by atoms with Crippen molar-refractivity contribution in [1.29, 1.82) is 0 Å². The molecule has 0 aliphatic carbocycles. The predicted molar refractivity (Wildman–Crippen MR) is 79.3 cm³/mol. The van der Waals surface area contributed by atoms with Gasteiger partial charge in [-0.05, 0) is 38.5 Å². The second-order valence-corrected chi connectivity index (χ2v) is 7.63. The smallest absolute Gasteiger partial charge is 0.145 e. The van der Waals surface area contributed by atoms with E-state index in [0.717, 1.165) is 10.0 Å². The summed E-state index contributed by atoms with van der Waals surface area (Å²) in [5.41, 5.74) is 1.56. The highest BCUT2D eigenvalue weighted by Crippen LogP contribution is 2.16. The van der Waals surface area contributed by atoms with Crippen LogP contribution in [0.15, 0.2) is 33.1 Å². The Morgan fingerprint density at radius 1 is 1.35 bits per heavy atom. The molecule has 0 aliphatic heterocycles. The second-order valence-electron chi connectivity index (χ2n) is 4.54. The molecular weight excluding hydrogens is 322 g/mol. The Hall–Kier alpha value is -0.190. The first-order valence-corrected chi connectivity index (χ1v) is 7.59. The van der Waals surface area contributed by atoms with Gasteiger partial charge in [0.15, 0.2) is 0 Å². The molecule has 1 aromatic carbocycles. The van der Waals surface area contributed by atoms with Crippen molar-refractivity contribution >= 4 is 44.2 Å². The van der Waals surface area contributed by atoms with Gasteiger partial charge in [-0.2, -0.15) is 4.40 Å². The molecule has 0 aliphatic rings. The maximum absolute atomic E-state index is 11.9. The lowest BCUT2D eigenvalue weighted by molar-refractivity contribution is 0.650. The largest absolute Gasteiger partial charge is 0.234 e. The minimum atomic E-state index is -1.28. The molecule has 0 bridgehead atoms. The van der Waals surface area contributed by atoms with Crippen molar-refractivity contribution in [1.82, 2.24) is 0 Å². The molecule has 0 amide bonds. The van der Waals surface area contributed by atoms with E-state index in [1.54, 1.807) is 0 Å². The van der Waals surface area contributed by atoms with Gasteiger partial charge in [0.1, 0.15) is 11.0 Å². The SMILES string of the molecule is CC(C)(C)[S@@](=O)/N=C(/CCl)c1ccc(Br)cc1. The van der Waals surface area contributed by atoms with Crippen LogP contribution in [0.25, 0.3) is 0 Å². The standard InChI is InChI=1S/C12H15BrClNOS/c1-12(2,3)17(16)15-11(8-14)9-4-6-10(13)7-5-9/h4-7H,8H2,1-3H3/b15-11-/t17-/m1/s1. The molecule has 17 heavy (non-hydrogen) atoms. The highest BCUT2D eigenvalue weighted by molar-refractivity contribution is 9.10. The normalized spacial score (nSPS) is 14.8. The fraction of sp³-hybridized carbons (Fsp3) is 0.417. The Morgan fingerprint density at radius 2 is 1.88 bits per heavy atom. The quantitative estimate of drug-likeness (QED) is 0.607. The molecule has 0 spiro atoms. The molecule has 1 aromatic rings. The third kappa shape index (κ3) is 4.53. The molecule has 5 heteroatoms. The number of alkyl halides is 1. The number of hydrogen-bond donors (Lipinski definition) is 0. The molecule has 94 valence electrons. The Labute approximate surface area is 118 Å². The van der Waals surface area contributed by atoms with Gasteiger partial charge in [0.05, 0.1) is 16.3 Å². The van der Waals surface area contributed by atoms with Crippen molar-refractivity contribution in [3.63, 3.8) is 0 Å². The van der Waals surface area contributed by atoms with Gasteiger partial charge in [-0.25, -0.2) is 4.21 Å². The number of halogens is 2. The van der Waals surface area contributed by atoms with Crippen LogP contribution in [-0.2, 0) is 11.0 Å². The van der Waals surface area contributed by atoms with E-state index in [4.69, 9.17) is 11.6 Å². The summed E-state index contributed by atoms with van der Waals surface area (Å²) < 4.78 is 16.8. The van der Waals surface area contributed by atoms with Crippen LogP contribution in [-0.4, -0.2) is 20.5 Å². The zero-order valence-corrected chi connectivity index (χ0v) is 13.2. The molecule has 0 aromatic heterocycles. The van der Waals surface area contributed by atoms with Crippen molar-refractivity contribution in [3.8, 4) is 0 Å². The van der Waals surface area contributed by atoms with Crippen LogP contribution in [0.3, 0.4) is 0 Å². The lowest BCUT2D eigenvalue weighted by Gasteiger charge is -2.14. The minimum Gasteiger partial charge on any atom is -0.234 e. The lowest BCUT2D eigenvalue weighted by Crippen LogP contribution is -2.21. The number of hydrogen-bond acceptors (Lipinski definition) is 1. The first-order valence-electron chi connectivity index (χ1n) is 5.16. The van der Waals surface area contributed by atoms with Crippen molar-refractivity contribution in [3.05, 3.63) is 34.3 Å². The zero-order valence-electron chi connectivity index (χ0n) is 10.0. The van der Waals surface area contributed by atoms with Crippen LogP contribution in [0.5, 0.6) is 0 Å².